The lowest BCUT2D eigenvalue weighted by atomic mass is 10.1. The zero-order valence-corrected chi connectivity index (χ0v) is 16.3. The van der Waals surface area contributed by atoms with Crippen LogP contribution in [0.15, 0.2) is 70.2 Å². The van der Waals surface area contributed by atoms with E-state index in [2.05, 4.69) is 42.1 Å². The predicted molar refractivity (Wildman–Crippen MR) is 109 cm³/mol. The molecule has 2 amide bonds. The van der Waals surface area contributed by atoms with Crippen molar-refractivity contribution in [3.63, 3.8) is 0 Å². The summed E-state index contributed by atoms with van der Waals surface area (Å²) in [6.07, 6.45) is 2.93. The number of aromatic amines is 1. The van der Waals surface area contributed by atoms with Crippen molar-refractivity contribution in [2.75, 3.05) is 0 Å². The summed E-state index contributed by atoms with van der Waals surface area (Å²) in [4.78, 5) is 36.6. The fraction of sp³-hybridized carbons (Fsp3) is 0. The first-order chi connectivity index (χ1) is 14.0. The van der Waals surface area contributed by atoms with E-state index in [0.717, 1.165) is 10.2 Å². The summed E-state index contributed by atoms with van der Waals surface area (Å²) in [6, 6.07) is 14.0. The van der Waals surface area contributed by atoms with Gasteiger partial charge in [-0.05, 0) is 30.3 Å². The lowest BCUT2D eigenvalue weighted by molar-refractivity contribution is 0.0844. The molecule has 0 spiro atoms. The number of halogens is 1. The monoisotopic (exact) mass is 452 g/mol. The van der Waals surface area contributed by atoms with Gasteiger partial charge in [0.15, 0.2) is 5.69 Å². The van der Waals surface area contributed by atoms with E-state index in [9.17, 15) is 14.4 Å². The average molecular weight is 453 g/mol. The van der Waals surface area contributed by atoms with Crippen LogP contribution < -0.4 is 16.4 Å². The summed E-state index contributed by atoms with van der Waals surface area (Å²) in [7, 11) is 0. The van der Waals surface area contributed by atoms with Gasteiger partial charge < -0.3 is 0 Å². The van der Waals surface area contributed by atoms with Gasteiger partial charge in [0, 0.05) is 16.1 Å². The predicted octanol–water partition coefficient (Wildman–Crippen LogP) is 1.95. The molecule has 0 aliphatic heterocycles. The zero-order valence-electron chi connectivity index (χ0n) is 14.7. The highest BCUT2D eigenvalue weighted by Gasteiger charge is 2.16. The Kier molecular flexibility index (Phi) is 4.92. The number of fused-ring (bicyclic) bond motifs is 1. The van der Waals surface area contributed by atoms with Crippen LogP contribution in [0.4, 0.5) is 0 Å². The van der Waals surface area contributed by atoms with E-state index in [1.807, 2.05) is 24.3 Å². The summed E-state index contributed by atoms with van der Waals surface area (Å²) >= 11 is 3.36. The summed E-state index contributed by atoms with van der Waals surface area (Å²) in [6.45, 7) is 0. The van der Waals surface area contributed by atoms with E-state index in [4.69, 9.17) is 0 Å². The number of benzene rings is 2. The summed E-state index contributed by atoms with van der Waals surface area (Å²) in [5.41, 5.74) is 5.24. The number of nitrogens with one attached hydrogen (secondary N) is 3. The van der Waals surface area contributed by atoms with Gasteiger partial charge in [-0.1, -0.05) is 34.1 Å². The van der Waals surface area contributed by atoms with Crippen LogP contribution in [0.2, 0.25) is 0 Å². The Morgan fingerprint density at radius 2 is 1.66 bits per heavy atom. The van der Waals surface area contributed by atoms with Gasteiger partial charge in [0.05, 0.1) is 22.8 Å². The Morgan fingerprint density at radius 1 is 0.966 bits per heavy atom. The van der Waals surface area contributed by atoms with E-state index in [1.165, 1.54) is 6.20 Å². The zero-order chi connectivity index (χ0) is 20.4. The van der Waals surface area contributed by atoms with Crippen molar-refractivity contribution in [2.45, 2.75) is 0 Å². The number of nitrogens with zero attached hydrogens (tertiary/aromatic N) is 3. The number of carbonyl (C=O) groups excluding carboxylic acids is 2. The Morgan fingerprint density at radius 3 is 2.41 bits per heavy atom. The Hall–Kier alpha value is -3.79. The molecule has 0 aliphatic rings. The molecule has 2 heterocycles. The van der Waals surface area contributed by atoms with Crippen LogP contribution in [-0.2, 0) is 0 Å². The molecule has 0 saturated heterocycles. The second kappa shape index (κ2) is 7.68. The summed E-state index contributed by atoms with van der Waals surface area (Å²) in [5.74, 6) is -1.21. The summed E-state index contributed by atoms with van der Waals surface area (Å²) in [5, 5.41) is 10.9. The van der Waals surface area contributed by atoms with Crippen molar-refractivity contribution in [3.05, 3.63) is 87.0 Å². The number of H-pyrrole nitrogens is 1. The minimum absolute atomic E-state index is 0.00828. The minimum Gasteiger partial charge on any atom is -0.267 e. The molecule has 2 aromatic carbocycles. The molecule has 29 heavy (non-hydrogen) atoms. The lowest BCUT2D eigenvalue weighted by Crippen LogP contribution is -2.42. The van der Waals surface area contributed by atoms with E-state index in [0.29, 0.717) is 10.8 Å². The van der Waals surface area contributed by atoms with Gasteiger partial charge in [0.2, 0.25) is 0 Å². The molecule has 0 saturated carbocycles. The maximum Gasteiger partial charge on any atom is 0.290 e. The third-order valence-corrected chi connectivity index (χ3v) is 4.67. The third kappa shape index (κ3) is 3.78. The van der Waals surface area contributed by atoms with Crippen molar-refractivity contribution >= 4 is 38.5 Å². The molecular formula is C19H13BrN6O3. The smallest absolute Gasteiger partial charge is 0.267 e. The molecule has 9 nitrogen and oxygen atoms in total. The molecule has 0 unspecified atom stereocenters. The van der Waals surface area contributed by atoms with Crippen LogP contribution in [0.25, 0.3) is 16.5 Å². The maximum absolute atomic E-state index is 12.4. The first-order valence-electron chi connectivity index (χ1n) is 8.41. The molecule has 0 bridgehead atoms. The Bertz CT molecular complexity index is 1280. The highest BCUT2D eigenvalue weighted by molar-refractivity contribution is 9.10. The van der Waals surface area contributed by atoms with Crippen LogP contribution >= 0.6 is 15.9 Å². The number of aromatic nitrogens is 4. The first-order valence-corrected chi connectivity index (χ1v) is 9.21. The van der Waals surface area contributed by atoms with Gasteiger partial charge in [-0.3, -0.25) is 25.2 Å². The van der Waals surface area contributed by atoms with Gasteiger partial charge in [0.25, 0.3) is 17.4 Å². The van der Waals surface area contributed by atoms with Crippen molar-refractivity contribution in [1.29, 1.82) is 0 Å². The van der Waals surface area contributed by atoms with Gasteiger partial charge in [-0.25, -0.2) is 9.78 Å². The number of amides is 2. The van der Waals surface area contributed by atoms with Crippen LogP contribution in [-0.4, -0.2) is 31.8 Å². The Balaban J connectivity index is 1.48. The first kappa shape index (κ1) is 18.6. The van der Waals surface area contributed by atoms with Gasteiger partial charge >= 0.3 is 0 Å². The van der Waals surface area contributed by atoms with Crippen molar-refractivity contribution in [1.82, 2.24) is 30.8 Å². The van der Waals surface area contributed by atoms with Crippen LogP contribution in [0.1, 0.15) is 20.8 Å². The fourth-order valence-electron chi connectivity index (χ4n) is 2.71. The molecule has 0 radical (unpaired) electrons. The number of carbonyl (C=O) groups is 2. The molecule has 0 fully saturated rings. The molecule has 4 aromatic rings. The quantitative estimate of drug-likeness (QED) is 0.410. The Labute approximate surface area is 171 Å². The largest absolute Gasteiger partial charge is 0.290 e. The van der Waals surface area contributed by atoms with Crippen LogP contribution in [0.3, 0.4) is 0 Å². The highest BCUT2D eigenvalue weighted by Crippen LogP contribution is 2.14. The second-order valence-corrected chi connectivity index (χ2v) is 6.92. The maximum atomic E-state index is 12.4. The lowest BCUT2D eigenvalue weighted by Gasteiger charge is -2.07. The van der Waals surface area contributed by atoms with Gasteiger partial charge in [-0.2, -0.15) is 10.2 Å². The highest BCUT2D eigenvalue weighted by atomic mass is 79.9. The standard InChI is InChI=1S/C19H13BrN6O3/c20-12-5-7-13(8-6-12)26-10-11(9-21-26)17(27)23-25-19(29)16-14-3-1-2-4-15(14)18(28)24-22-16/h1-10H,(H,23,27)(H,24,28)(H,25,29). The molecule has 0 aliphatic carbocycles. The molecular weight excluding hydrogens is 440 g/mol. The van der Waals surface area contributed by atoms with Crippen LogP contribution in [0.5, 0.6) is 0 Å². The van der Waals surface area contributed by atoms with Crippen molar-refractivity contribution in [2.24, 2.45) is 0 Å². The van der Waals surface area contributed by atoms with E-state index in [-0.39, 0.29) is 11.3 Å². The molecule has 10 heteroatoms. The van der Waals surface area contributed by atoms with Gasteiger partial charge in [-0.15, -0.1) is 0 Å². The molecule has 2 aromatic heterocycles. The number of hydrogen-bond acceptors (Lipinski definition) is 5. The van der Waals surface area contributed by atoms with E-state index >= 15 is 0 Å². The van der Waals surface area contributed by atoms with E-state index in [1.54, 1.807) is 35.1 Å². The van der Waals surface area contributed by atoms with Crippen molar-refractivity contribution in [3.8, 4) is 5.69 Å². The number of hydrogen-bond donors (Lipinski definition) is 3. The third-order valence-electron chi connectivity index (χ3n) is 4.14. The molecule has 144 valence electrons. The number of hydrazine groups is 1. The molecule has 0 atom stereocenters. The number of rotatable bonds is 3. The SMILES string of the molecule is O=C(NNC(=O)c1n[nH]c(=O)c2ccccc12)c1cnn(-c2ccc(Br)cc2)c1. The van der Waals surface area contributed by atoms with Crippen LogP contribution in [0, 0.1) is 0 Å². The fourth-order valence-corrected chi connectivity index (χ4v) is 2.97. The summed E-state index contributed by atoms with van der Waals surface area (Å²) < 4.78 is 2.47. The average Bonchev–Trinajstić information content (AvgIpc) is 3.23. The minimum atomic E-state index is -0.661. The van der Waals surface area contributed by atoms with Crippen molar-refractivity contribution < 1.29 is 9.59 Å². The molecule has 3 N–H and O–H groups in total. The second-order valence-electron chi connectivity index (χ2n) is 6.01. The topological polar surface area (TPSA) is 122 Å². The molecule has 4 rings (SSSR count). The van der Waals surface area contributed by atoms with Gasteiger partial charge in [0.1, 0.15) is 0 Å². The van der Waals surface area contributed by atoms with E-state index < -0.39 is 17.4 Å². The normalized spacial score (nSPS) is 10.7.